The summed E-state index contributed by atoms with van der Waals surface area (Å²) in [6.45, 7) is 7.93. The monoisotopic (exact) mass is 431 g/mol. The second-order valence-corrected chi connectivity index (χ2v) is 9.33. The number of ether oxygens (including phenoxy) is 1. The van der Waals surface area contributed by atoms with E-state index in [0.717, 1.165) is 29.8 Å². The highest BCUT2D eigenvalue weighted by atomic mass is 16.5. The van der Waals surface area contributed by atoms with E-state index in [1.807, 2.05) is 10.9 Å². The van der Waals surface area contributed by atoms with Crippen LogP contribution in [0.15, 0.2) is 54.7 Å². The van der Waals surface area contributed by atoms with Crippen LogP contribution in [0.2, 0.25) is 0 Å². The Morgan fingerprint density at radius 3 is 2.47 bits per heavy atom. The van der Waals surface area contributed by atoms with Gasteiger partial charge in [0.1, 0.15) is 5.75 Å². The fourth-order valence-corrected chi connectivity index (χ4v) is 4.25. The van der Waals surface area contributed by atoms with Gasteiger partial charge in [-0.3, -0.25) is 9.59 Å². The van der Waals surface area contributed by atoms with Crippen LogP contribution in [0.3, 0.4) is 0 Å². The van der Waals surface area contributed by atoms with E-state index in [-0.39, 0.29) is 29.8 Å². The number of Topliss-reactive ketones (excluding diaryl/α,β-unsaturated/α-hetero) is 1. The van der Waals surface area contributed by atoms with Crippen LogP contribution >= 0.6 is 0 Å². The predicted molar refractivity (Wildman–Crippen MR) is 123 cm³/mol. The SMILES string of the molecule is CC(=O)c1ccc(OCC(=O)N[C@@H]2CC(C)(C)Cc3c2cnn3-c2ccc(C)cc2)cc1. The number of hydrogen-bond acceptors (Lipinski definition) is 4. The smallest absolute Gasteiger partial charge is 0.258 e. The molecule has 4 rings (SSSR count). The fraction of sp³-hybridized carbons (Fsp3) is 0.346. The average Bonchev–Trinajstić information content (AvgIpc) is 3.16. The van der Waals surface area contributed by atoms with E-state index < -0.39 is 0 Å². The summed E-state index contributed by atoms with van der Waals surface area (Å²) in [4.78, 5) is 24.1. The van der Waals surface area contributed by atoms with Crippen LogP contribution < -0.4 is 10.1 Å². The van der Waals surface area contributed by atoms with Crippen molar-refractivity contribution in [2.45, 2.75) is 46.6 Å². The van der Waals surface area contributed by atoms with E-state index in [2.05, 4.69) is 55.5 Å². The summed E-state index contributed by atoms with van der Waals surface area (Å²) in [5.41, 5.74) is 5.06. The van der Waals surface area contributed by atoms with E-state index in [0.29, 0.717) is 11.3 Å². The summed E-state index contributed by atoms with van der Waals surface area (Å²) in [5, 5.41) is 7.78. The zero-order chi connectivity index (χ0) is 22.9. The van der Waals surface area contributed by atoms with Gasteiger partial charge in [-0.1, -0.05) is 31.5 Å². The Morgan fingerprint density at radius 2 is 1.81 bits per heavy atom. The highest BCUT2D eigenvalue weighted by molar-refractivity contribution is 5.94. The molecular weight excluding hydrogens is 402 g/mol. The Kier molecular flexibility index (Phi) is 5.87. The predicted octanol–water partition coefficient (Wildman–Crippen LogP) is 4.59. The molecule has 1 amide bonds. The minimum atomic E-state index is -0.183. The lowest BCUT2D eigenvalue weighted by molar-refractivity contribution is -0.124. The number of ketones is 1. The van der Waals surface area contributed by atoms with Gasteiger partial charge in [-0.15, -0.1) is 0 Å². The third kappa shape index (κ3) is 4.74. The van der Waals surface area contributed by atoms with Crippen LogP contribution in [0, 0.1) is 12.3 Å². The number of carbonyl (C=O) groups is 2. The number of carbonyl (C=O) groups excluding carboxylic acids is 2. The van der Waals surface area contributed by atoms with Gasteiger partial charge in [0.25, 0.3) is 5.91 Å². The first-order valence-electron chi connectivity index (χ1n) is 10.9. The van der Waals surface area contributed by atoms with Crippen molar-refractivity contribution in [3.8, 4) is 11.4 Å². The highest BCUT2D eigenvalue weighted by Gasteiger charge is 2.36. The molecule has 1 aliphatic rings. The molecule has 0 fully saturated rings. The molecule has 0 unspecified atom stereocenters. The van der Waals surface area contributed by atoms with E-state index >= 15 is 0 Å². The molecule has 166 valence electrons. The summed E-state index contributed by atoms with van der Waals surface area (Å²) >= 11 is 0. The fourth-order valence-electron chi connectivity index (χ4n) is 4.25. The van der Waals surface area contributed by atoms with Gasteiger partial charge in [-0.2, -0.15) is 5.10 Å². The first kappa shape index (κ1) is 21.8. The van der Waals surface area contributed by atoms with E-state index in [9.17, 15) is 9.59 Å². The molecule has 3 aromatic rings. The zero-order valence-corrected chi connectivity index (χ0v) is 19.0. The lowest BCUT2D eigenvalue weighted by Gasteiger charge is -2.36. The molecule has 1 aromatic heterocycles. The number of nitrogens with zero attached hydrogens (tertiary/aromatic N) is 2. The number of amides is 1. The Balaban J connectivity index is 1.47. The van der Waals surface area contributed by atoms with Crippen LogP contribution in [0.1, 0.15) is 60.4 Å². The maximum Gasteiger partial charge on any atom is 0.258 e. The van der Waals surface area contributed by atoms with Crippen LogP contribution in [-0.2, 0) is 11.2 Å². The van der Waals surface area contributed by atoms with Crippen molar-refractivity contribution >= 4 is 11.7 Å². The van der Waals surface area contributed by atoms with Gasteiger partial charge in [-0.25, -0.2) is 4.68 Å². The number of nitrogens with one attached hydrogen (secondary N) is 1. The van der Waals surface area contributed by atoms with Gasteiger partial charge in [0.05, 0.1) is 23.6 Å². The van der Waals surface area contributed by atoms with Crippen LogP contribution in [0.5, 0.6) is 5.75 Å². The van der Waals surface area contributed by atoms with Gasteiger partial charge in [0.15, 0.2) is 12.4 Å². The van der Waals surface area contributed by atoms with Crippen molar-refractivity contribution < 1.29 is 14.3 Å². The van der Waals surface area contributed by atoms with Crippen LogP contribution in [-0.4, -0.2) is 28.1 Å². The Morgan fingerprint density at radius 1 is 1.12 bits per heavy atom. The van der Waals surface area contributed by atoms with E-state index in [1.165, 1.54) is 12.5 Å². The molecular formula is C26H29N3O3. The van der Waals surface area contributed by atoms with Gasteiger partial charge in [-0.05, 0) is 68.5 Å². The van der Waals surface area contributed by atoms with Crippen molar-refractivity contribution in [1.82, 2.24) is 15.1 Å². The Bertz CT molecular complexity index is 1130. The summed E-state index contributed by atoms with van der Waals surface area (Å²) in [7, 11) is 0. The second-order valence-electron chi connectivity index (χ2n) is 9.33. The highest BCUT2D eigenvalue weighted by Crippen LogP contribution is 2.41. The summed E-state index contributed by atoms with van der Waals surface area (Å²) in [5.74, 6) is 0.371. The largest absolute Gasteiger partial charge is 0.484 e. The van der Waals surface area contributed by atoms with E-state index in [1.54, 1.807) is 24.3 Å². The molecule has 1 aliphatic carbocycles. The minimum Gasteiger partial charge on any atom is -0.484 e. The lowest BCUT2D eigenvalue weighted by Crippen LogP contribution is -2.38. The van der Waals surface area contributed by atoms with Crippen molar-refractivity contribution in [1.29, 1.82) is 0 Å². The van der Waals surface area contributed by atoms with Gasteiger partial charge < -0.3 is 10.1 Å². The number of rotatable bonds is 6. The average molecular weight is 432 g/mol. The van der Waals surface area contributed by atoms with Gasteiger partial charge >= 0.3 is 0 Å². The quantitative estimate of drug-likeness (QED) is 0.579. The minimum absolute atomic E-state index is 0.00352. The van der Waals surface area contributed by atoms with Crippen molar-refractivity contribution in [3.63, 3.8) is 0 Å². The molecule has 0 spiro atoms. The molecule has 6 heteroatoms. The molecule has 0 saturated heterocycles. The topological polar surface area (TPSA) is 73.2 Å². The lowest BCUT2D eigenvalue weighted by atomic mass is 9.74. The maximum absolute atomic E-state index is 12.7. The first-order valence-corrected chi connectivity index (χ1v) is 10.9. The molecule has 6 nitrogen and oxygen atoms in total. The first-order chi connectivity index (χ1) is 15.2. The normalized spacial score (nSPS) is 16.8. The number of fused-ring (bicyclic) bond motifs is 1. The Labute approximate surface area is 188 Å². The maximum atomic E-state index is 12.7. The van der Waals surface area contributed by atoms with Gasteiger partial charge in [0, 0.05) is 11.1 Å². The number of aryl methyl sites for hydroxylation is 1. The third-order valence-corrected chi connectivity index (χ3v) is 5.92. The van der Waals surface area contributed by atoms with Gasteiger partial charge in [0.2, 0.25) is 0 Å². The molecule has 1 N–H and O–H groups in total. The molecule has 1 heterocycles. The summed E-state index contributed by atoms with van der Waals surface area (Å²) in [6.07, 6.45) is 3.59. The molecule has 2 aromatic carbocycles. The standard InChI is InChI=1S/C26H29N3O3/c1-17-5-9-20(10-6-17)29-24-14-26(3,4)13-23(22(24)15-27-29)28-25(31)16-32-21-11-7-19(8-12-21)18(2)30/h5-12,15,23H,13-14,16H2,1-4H3,(H,28,31)/t23-/m1/s1. The summed E-state index contributed by atoms with van der Waals surface area (Å²) in [6, 6.07) is 15.0. The summed E-state index contributed by atoms with van der Waals surface area (Å²) < 4.78 is 7.61. The third-order valence-electron chi connectivity index (χ3n) is 5.92. The van der Waals surface area contributed by atoms with Crippen molar-refractivity contribution in [2.75, 3.05) is 6.61 Å². The number of benzene rings is 2. The Hall–Kier alpha value is -3.41. The number of aromatic nitrogens is 2. The molecule has 1 atom stereocenters. The van der Waals surface area contributed by atoms with Crippen LogP contribution in [0.25, 0.3) is 5.69 Å². The zero-order valence-electron chi connectivity index (χ0n) is 19.0. The number of hydrogen-bond donors (Lipinski definition) is 1. The molecule has 32 heavy (non-hydrogen) atoms. The second kappa shape index (κ2) is 8.61. The van der Waals surface area contributed by atoms with Crippen LogP contribution in [0.4, 0.5) is 0 Å². The molecule has 0 aliphatic heterocycles. The molecule has 0 radical (unpaired) electrons. The molecule has 0 bridgehead atoms. The van der Waals surface area contributed by atoms with Crippen molar-refractivity contribution in [3.05, 3.63) is 77.1 Å². The van der Waals surface area contributed by atoms with E-state index in [4.69, 9.17) is 4.74 Å². The molecule has 0 saturated carbocycles. The van der Waals surface area contributed by atoms with Crippen molar-refractivity contribution in [2.24, 2.45) is 5.41 Å².